The van der Waals surface area contributed by atoms with Crippen molar-refractivity contribution in [2.75, 3.05) is 24.2 Å². The summed E-state index contributed by atoms with van der Waals surface area (Å²) in [6, 6.07) is -0.597. The lowest BCUT2D eigenvalue weighted by molar-refractivity contribution is -0.128. The average Bonchev–Trinajstić information content (AvgIpc) is 3.28. The minimum atomic E-state index is -1.17. The summed E-state index contributed by atoms with van der Waals surface area (Å²) in [5.74, 6) is 0.520. The monoisotopic (exact) mass is 437 g/mol. The number of thioether (sulfide) groups is 1. The van der Waals surface area contributed by atoms with Crippen LogP contribution in [0.3, 0.4) is 0 Å². The molecule has 10 nitrogen and oxygen atoms in total. The van der Waals surface area contributed by atoms with Gasteiger partial charge in [-0.3, -0.25) is 4.79 Å². The summed E-state index contributed by atoms with van der Waals surface area (Å²) in [5.41, 5.74) is 1.02. The van der Waals surface area contributed by atoms with Crippen LogP contribution < -0.4 is 10.6 Å². The molecule has 1 aliphatic rings. The van der Waals surface area contributed by atoms with Crippen LogP contribution in [0.25, 0.3) is 11.2 Å². The van der Waals surface area contributed by atoms with Gasteiger partial charge in [0.2, 0.25) is 5.91 Å². The maximum Gasteiger partial charge on any atom is 0.225 e. The molecule has 4 atom stereocenters. The second-order valence-electron chi connectivity index (χ2n) is 7.48. The van der Waals surface area contributed by atoms with Crippen LogP contribution >= 0.6 is 11.8 Å². The molecule has 1 saturated carbocycles. The summed E-state index contributed by atoms with van der Waals surface area (Å²) in [4.78, 5) is 21.5. The molecule has 2 aromatic heterocycles. The minimum absolute atomic E-state index is 0.257. The number of carbonyl (C=O) groups is 1. The molecule has 0 spiro atoms. The van der Waals surface area contributed by atoms with Gasteiger partial charge in [0.1, 0.15) is 6.10 Å². The Hall–Kier alpha value is -1.98. The SMILES string of the molecule is CCCCNc1nc(SCCC)nc2c1nnn2[C@@H]1C[C@H](C(=O)NCC)[C@@H](O)[C@H]1O. The van der Waals surface area contributed by atoms with Crippen LogP contribution in [0.2, 0.25) is 0 Å². The molecule has 11 heteroatoms. The Labute approximate surface area is 180 Å². The highest BCUT2D eigenvalue weighted by Gasteiger charge is 2.47. The molecule has 2 heterocycles. The van der Waals surface area contributed by atoms with E-state index in [1.54, 1.807) is 11.8 Å². The minimum Gasteiger partial charge on any atom is -0.390 e. The maximum atomic E-state index is 12.3. The molecule has 0 aliphatic heterocycles. The predicted octanol–water partition coefficient (Wildman–Crippen LogP) is 1.35. The van der Waals surface area contributed by atoms with E-state index in [9.17, 15) is 15.0 Å². The topological polar surface area (TPSA) is 138 Å². The predicted molar refractivity (Wildman–Crippen MR) is 115 cm³/mol. The molecular weight excluding hydrogens is 406 g/mol. The molecule has 1 aliphatic carbocycles. The Balaban J connectivity index is 1.95. The van der Waals surface area contributed by atoms with Crippen LogP contribution in [-0.4, -0.2) is 72.1 Å². The Morgan fingerprint density at radius 2 is 2.00 bits per heavy atom. The second kappa shape index (κ2) is 10.4. The third-order valence-corrected chi connectivity index (χ3v) is 6.27. The number of aliphatic hydroxyl groups is 2. The number of hydrogen-bond donors (Lipinski definition) is 4. The summed E-state index contributed by atoms with van der Waals surface area (Å²) in [5, 5.41) is 36.2. The van der Waals surface area contributed by atoms with Gasteiger partial charge in [-0.1, -0.05) is 37.2 Å². The molecule has 166 valence electrons. The molecule has 0 aromatic carbocycles. The van der Waals surface area contributed by atoms with Gasteiger partial charge in [-0.2, -0.15) is 0 Å². The summed E-state index contributed by atoms with van der Waals surface area (Å²) in [6.45, 7) is 7.26. The molecule has 0 bridgehead atoms. The van der Waals surface area contributed by atoms with Crippen molar-refractivity contribution in [2.45, 2.75) is 69.9 Å². The number of amides is 1. The van der Waals surface area contributed by atoms with Crippen LogP contribution in [0.5, 0.6) is 0 Å². The van der Waals surface area contributed by atoms with E-state index in [0.717, 1.165) is 31.6 Å². The van der Waals surface area contributed by atoms with Gasteiger partial charge in [0.15, 0.2) is 22.1 Å². The Bertz CT molecular complexity index is 862. The Kier molecular flexibility index (Phi) is 7.84. The van der Waals surface area contributed by atoms with E-state index >= 15 is 0 Å². The fourth-order valence-corrected chi connectivity index (χ4v) is 4.31. The zero-order valence-electron chi connectivity index (χ0n) is 17.7. The van der Waals surface area contributed by atoms with Gasteiger partial charge in [0.05, 0.1) is 18.1 Å². The van der Waals surface area contributed by atoms with Crippen molar-refractivity contribution >= 4 is 34.7 Å². The smallest absolute Gasteiger partial charge is 0.225 e. The number of hydrogen-bond acceptors (Lipinski definition) is 9. The number of aliphatic hydroxyl groups excluding tert-OH is 2. The van der Waals surface area contributed by atoms with Crippen molar-refractivity contribution in [2.24, 2.45) is 5.92 Å². The average molecular weight is 438 g/mol. The van der Waals surface area contributed by atoms with Gasteiger partial charge >= 0.3 is 0 Å². The molecule has 1 amide bonds. The Morgan fingerprint density at radius 1 is 1.20 bits per heavy atom. The van der Waals surface area contributed by atoms with Gasteiger partial charge < -0.3 is 20.8 Å². The summed E-state index contributed by atoms with van der Waals surface area (Å²) in [7, 11) is 0. The summed E-state index contributed by atoms with van der Waals surface area (Å²) in [6.07, 6.45) is 0.994. The molecule has 2 aromatic rings. The van der Waals surface area contributed by atoms with E-state index in [4.69, 9.17) is 0 Å². The van der Waals surface area contributed by atoms with Gasteiger partial charge in [0, 0.05) is 18.8 Å². The van der Waals surface area contributed by atoms with Crippen LogP contribution in [0.4, 0.5) is 5.82 Å². The quantitative estimate of drug-likeness (QED) is 0.246. The normalized spacial score (nSPS) is 23.8. The summed E-state index contributed by atoms with van der Waals surface area (Å²) < 4.78 is 1.53. The van der Waals surface area contributed by atoms with Crippen LogP contribution in [0, 0.1) is 5.92 Å². The standard InChI is InChI=1S/C19H31N7O3S/c1-4-7-8-21-16-13-17(23-19(22-16)30-9-5-2)26(25-24-13)12-10-11(14(27)15(12)28)18(29)20-6-3/h11-12,14-15,27-28H,4-10H2,1-3H3,(H,20,29)(H,21,22,23)/t11-,12+,14+,15-/m0/s1. The molecule has 4 N–H and O–H groups in total. The van der Waals surface area contributed by atoms with Crippen molar-refractivity contribution in [1.29, 1.82) is 0 Å². The van der Waals surface area contributed by atoms with Gasteiger partial charge in [0.25, 0.3) is 0 Å². The molecule has 0 radical (unpaired) electrons. The van der Waals surface area contributed by atoms with Gasteiger partial charge in [-0.15, -0.1) is 5.10 Å². The largest absolute Gasteiger partial charge is 0.390 e. The zero-order chi connectivity index (χ0) is 21.7. The van der Waals surface area contributed by atoms with E-state index in [2.05, 4.69) is 44.8 Å². The fraction of sp³-hybridized carbons (Fsp3) is 0.737. The van der Waals surface area contributed by atoms with Crippen molar-refractivity contribution in [3.05, 3.63) is 0 Å². The van der Waals surface area contributed by atoms with E-state index in [-0.39, 0.29) is 12.3 Å². The maximum absolute atomic E-state index is 12.3. The number of anilines is 1. The Morgan fingerprint density at radius 3 is 2.70 bits per heavy atom. The van der Waals surface area contributed by atoms with Crippen LogP contribution in [0.15, 0.2) is 5.16 Å². The highest BCUT2D eigenvalue weighted by molar-refractivity contribution is 7.99. The first kappa shape index (κ1) is 22.7. The van der Waals surface area contributed by atoms with E-state index < -0.39 is 24.2 Å². The second-order valence-corrected chi connectivity index (χ2v) is 8.54. The van der Waals surface area contributed by atoms with Crippen LogP contribution in [-0.2, 0) is 4.79 Å². The fourth-order valence-electron chi connectivity index (χ4n) is 3.61. The third-order valence-electron chi connectivity index (χ3n) is 5.21. The lowest BCUT2D eigenvalue weighted by Gasteiger charge is -2.17. The molecule has 3 rings (SSSR count). The molecule has 0 saturated heterocycles. The molecule has 1 fully saturated rings. The van der Waals surface area contributed by atoms with Gasteiger partial charge in [-0.25, -0.2) is 14.6 Å². The van der Waals surface area contributed by atoms with Crippen molar-refractivity contribution < 1.29 is 15.0 Å². The highest BCUT2D eigenvalue weighted by Crippen LogP contribution is 2.37. The first-order valence-corrected chi connectivity index (χ1v) is 11.6. The molecule has 30 heavy (non-hydrogen) atoms. The third kappa shape index (κ3) is 4.68. The number of fused-ring (bicyclic) bond motifs is 1. The number of nitrogens with one attached hydrogen (secondary N) is 2. The van der Waals surface area contributed by atoms with E-state index in [1.807, 2.05) is 6.92 Å². The lowest BCUT2D eigenvalue weighted by Crippen LogP contribution is -2.38. The highest BCUT2D eigenvalue weighted by atomic mass is 32.2. The van der Waals surface area contributed by atoms with E-state index in [0.29, 0.717) is 28.7 Å². The number of unbranched alkanes of at least 4 members (excludes halogenated alkanes) is 1. The first-order chi connectivity index (χ1) is 14.5. The van der Waals surface area contributed by atoms with E-state index in [1.165, 1.54) is 4.68 Å². The zero-order valence-corrected chi connectivity index (χ0v) is 18.5. The molecule has 0 unspecified atom stereocenters. The number of rotatable bonds is 10. The molecular formula is C19H31N7O3S. The van der Waals surface area contributed by atoms with Crippen molar-refractivity contribution in [3.8, 4) is 0 Å². The van der Waals surface area contributed by atoms with Gasteiger partial charge in [-0.05, 0) is 26.2 Å². The summed E-state index contributed by atoms with van der Waals surface area (Å²) >= 11 is 1.55. The number of aromatic nitrogens is 5. The lowest BCUT2D eigenvalue weighted by atomic mass is 10.0. The van der Waals surface area contributed by atoms with Crippen molar-refractivity contribution in [3.63, 3.8) is 0 Å². The number of nitrogens with zero attached hydrogens (tertiary/aromatic N) is 5. The van der Waals surface area contributed by atoms with Crippen LogP contribution in [0.1, 0.15) is 52.5 Å². The number of carbonyl (C=O) groups excluding carboxylic acids is 1. The van der Waals surface area contributed by atoms with Crippen molar-refractivity contribution in [1.82, 2.24) is 30.3 Å². The first-order valence-electron chi connectivity index (χ1n) is 10.6.